The number of piperidine rings is 1. The van der Waals surface area contributed by atoms with E-state index >= 15 is 0 Å². The van der Waals surface area contributed by atoms with Crippen molar-refractivity contribution in [1.29, 1.82) is 5.26 Å². The summed E-state index contributed by atoms with van der Waals surface area (Å²) in [6, 6.07) is 12.8. The standard InChI is InChI=1S/C14H19N3/c1-2-17(13-6-4-3-5-7-13)14(12-15)8-10-16-11-9-14/h3-7,16H,2,8-11H2,1H3. The van der Waals surface area contributed by atoms with Crippen molar-refractivity contribution in [3.63, 3.8) is 0 Å². The Morgan fingerprint density at radius 2 is 1.94 bits per heavy atom. The summed E-state index contributed by atoms with van der Waals surface area (Å²) >= 11 is 0. The Bertz CT molecular complexity index is 388. The molecule has 0 atom stereocenters. The van der Waals surface area contributed by atoms with E-state index in [2.05, 4.69) is 35.3 Å². The first-order chi connectivity index (χ1) is 8.32. The highest BCUT2D eigenvalue weighted by Gasteiger charge is 2.37. The summed E-state index contributed by atoms with van der Waals surface area (Å²) in [4.78, 5) is 2.24. The van der Waals surface area contributed by atoms with Crippen LogP contribution in [0.4, 0.5) is 5.69 Å². The zero-order valence-electron chi connectivity index (χ0n) is 10.3. The molecular weight excluding hydrogens is 210 g/mol. The largest absolute Gasteiger partial charge is 0.353 e. The normalized spacial score (nSPS) is 18.4. The summed E-state index contributed by atoms with van der Waals surface area (Å²) in [5.41, 5.74) is 0.819. The molecule has 3 nitrogen and oxygen atoms in total. The summed E-state index contributed by atoms with van der Waals surface area (Å²) in [6.07, 6.45) is 1.79. The van der Waals surface area contributed by atoms with Gasteiger partial charge in [0.25, 0.3) is 0 Å². The maximum absolute atomic E-state index is 9.58. The van der Waals surface area contributed by atoms with E-state index in [-0.39, 0.29) is 5.54 Å². The lowest BCUT2D eigenvalue weighted by molar-refractivity contribution is 0.359. The lowest BCUT2D eigenvalue weighted by Gasteiger charge is -2.42. The Labute approximate surface area is 103 Å². The van der Waals surface area contributed by atoms with Gasteiger partial charge in [0.1, 0.15) is 5.54 Å². The number of nitriles is 1. The van der Waals surface area contributed by atoms with Crippen molar-refractivity contribution in [1.82, 2.24) is 5.32 Å². The van der Waals surface area contributed by atoms with Gasteiger partial charge in [-0.1, -0.05) is 18.2 Å². The number of rotatable bonds is 3. The van der Waals surface area contributed by atoms with E-state index in [1.165, 1.54) is 0 Å². The van der Waals surface area contributed by atoms with Crippen LogP contribution >= 0.6 is 0 Å². The van der Waals surface area contributed by atoms with Crippen molar-refractivity contribution in [2.45, 2.75) is 25.3 Å². The number of nitrogens with one attached hydrogen (secondary N) is 1. The van der Waals surface area contributed by atoms with E-state index < -0.39 is 0 Å². The summed E-state index contributed by atoms with van der Waals surface area (Å²) in [7, 11) is 0. The second-order valence-corrected chi connectivity index (χ2v) is 4.47. The molecule has 1 aliphatic rings. The summed E-state index contributed by atoms with van der Waals surface area (Å²) < 4.78 is 0. The van der Waals surface area contributed by atoms with Crippen molar-refractivity contribution >= 4 is 5.69 Å². The van der Waals surface area contributed by atoms with Crippen LogP contribution in [-0.4, -0.2) is 25.2 Å². The molecule has 17 heavy (non-hydrogen) atoms. The second kappa shape index (κ2) is 5.20. The average molecular weight is 229 g/mol. The Hall–Kier alpha value is -1.53. The Kier molecular flexibility index (Phi) is 3.65. The van der Waals surface area contributed by atoms with Gasteiger partial charge in [0, 0.05) is 12.2 Å². The predicted molar refractivity (Wildman–Crippen MR) is 69.9 cm³/mol. The molecule has 1 aliphatic heterocycles. The summed E-state index contributed by atoms with van der Waals surface area (Å²) in [5.74, 6) is 0. The van der Waals surface area contributed by atoms with Gasteiger partial charge in [0.2, 0.25) is 0 Å². The van der Waals surface area contributed by atoms with Gasteiger partial charge in [-0.05, 0) is 45.0 Å². The molecule has 3 heteroatoms. The first-order valence-electron chi connectivity index (χ1n) is 6.27. The maximum Gasteiger partial charge on any atom is 0.130 e. The Morgan fingerprint density at radius 1 is 1.29 bits per heavy atom. The summed E-state index contributed by atoms with van der Waals surface area (Å²) in [5, 5.41) is 12.9. The number of nitrogens with zero attached hydrogens (tertiary/aromatic N) is 2. The van der Waals surface area contributed by atoms with Crippen LogP contribution in [0.5, 0.6) is 0 Å². The molecule has 1 saturated heterocycles. The van der Waals surface area contributed by atoms with Crippen LogP contribution in [0.2, 0.25) is 0 Å². The minimum atomic E-state index is -0.332. The number of anilines is 1. The van der Waals surface area contributed by atoms with Crippen LogP contribution in [0.1, 0.15) is 19.8 Å². The van der Waals surface area contributed by atoms with Crippen LogP contribution in [-0.2, 0) is 0 Å². The number of hydrogen-bond acceptors (Lipinski definition) is 3. The molecule has 1 N–H and O–H groups in total. The van der Waals surface area contributed by atoms with Crippen LogP contribution in [0, 0.1) is 11.3 Å². The van der Waals surface area contributed by atoms with Crippen LogP contribution in [0.15, 0.2) is 30.3 Å². The Balaban J connectivity index is 2.31. The third-order valence-corrected chi connectivity index (χ3v) is 3.54. The molecule has 0 amide bonds. The highest BCUT2D eigenvalue weighted by molar-refractivity contribution is 5.51. The lowest BCUT2D eigenvalue weighted by atomic mass is 9.87. The van der Waals surface area contributed by atoms with Crippen molar-refractivity contribution in [3.05, 3.63) is 30.3 Å². The number of benzene rings is 1. The van der Waals surface area contributed by atoms with Crippen molar-refractivity contribution in [2.75, 3.05) is 24.5 Å². The van der Waals surface area contributed by atoms with Crippen molar-refractivity contribution in [2.24, 2.45) is 0 Å². The zero-order chi connectivity index (χ0) is 12.1. The van der Waals surface area contributed by atoms with Gasteiger partial charge >= 0.3 is 0 Å². The molecule has 1 aromatic carbocycles. The molecule has 0 aromatic heterocycles. The fraction of sp³-hybridized carbons (Fsp3) is 0.500. The fourth-order valence-electron chi connectivity index (χ4n) is 2.62. The third-order valence-electron chi connectivity index (χ3n) is 3.54. The van der Waals surface area contributed by atoms with Crippen LogP contribution in [0.25, 0.3) is 0 Å². The van der Waals surface area contributed by atoms with Gasteiger partial charge in [-0.15, -0.1) is 0 Å². The quantitative estimate of drug-likeness (QED) is 0.863. The highest BCUT2D eigenvalue weighted by Crippen LogP contribution is 2.30. The van der Waals surface area contributed by atoms with E-state index in [9.17, 15) is 5.26 Å². The molecule has 1 fully saturated rings. The average Bonchev–Trinajstić information content (AvgIpc) is 2.42. The van der Waals surface area contributed by atoms with Gasteiger partial charge in [-0.3, -0.25) is 0 Å². The molecule has 0 saturated carbocycles. The van der Waals surface area contributed by atoms with E-state index in [1.54, 1.807) is 0 Å². The molecule has 0 spiro atoms. The number of para-hydroxylation sites is 1. The number of hydrogen-bond donors (Lipinski definition) is 1. The van der Waals surface area contributed by atoms with E-state index in [1.807, 2.05) is 18.2 Å². The molecule has 90 valence electrons. The summed E-state index contributed by atoms with van der Waals surface area (Å²) in [6.45, 7) is 4.85. The van der Waals surface area contributed by atoms with Gasteiger partial charge in [0.05, 0.1) is 6.07 Å². The van der Waals surface area contributed by atoms with Crippen LogP contribution in [0.3, 0.4) is 0 Å². The molecular formula is C14H19N3. The molecule has 1 aromatic rings. The van der Waals surface area contributed by atoms with Gasteiger partial charge in [-0.2, -0.15) is 5.26 Å². The second-order valence-electron chi connectivity index (χ2n) is 4.47. The molecule has 0 unspecified atom stereocenters. The van der Waals surface area contributed by atoms with Gasteiger partial charge in [-0.25, -0.2) is 0 Å². The Morgan fingerprint density at radius 3 is 2.47 bits per heavy atom. The minimum absolute atomic E-state index is 0.332. The zero-order valence-corrected chi connectivity index (χ0v) is 10.3. The van der Waals surface area contributed by atoms with Gasteiger partial charge < -0.3 is 10.2 Å². The molecule has 0 bridgehead atoms. The van der Waals surface area contributed by atoms with E-state index in [0.717, 1.165) is 38.2 Å². The van der Waals surface area contributed by atoms with Crippen molar-refractivity contribution < 1.29 is 0 Å². The molecule has 0 aliphatic carbocycles. The monoisotopic (exact) mass is 229 g/mol. The minimum Gasteiger partial charge on any atom is -0.353 e. The van der Waals surface area contributed by atoms with E-state index in [4.69, 9.17) is 0 Å². The predicted octanol–water partition coefficient (Wildman–Crippen LogP) is 2.16. The van der Waals surface area contributed by atoms with E-state index in [0.29, 0.717) is 0 Å². The molecule has 1 heterocycles. The fourth-order valence-corrected chi connectivity index (χ4v) is 2.62. The third kappa shape index (κ3) is 2.27. The SMILES string of the molecule is CCN(c1ccccc1)C1(C#N)CCNCC1. The smallest absolute Gasteiger partial charge is 0.130 e. The molecule has 0 radical (unpaired) electrons. The maximum atomic E-state index is 9.58. The molecule has 2 rings (SSSR count). The van der Waals surface area contributed by atoms with Crippen LogP contribution < -0.4 is 10.2 Å². The highest BCUT2D eigenvalue weighted by atomic mass is 15.2. The van der Waals surface area contributed by atoms with Gasteiger partial charge in [0.15, 0.2) is 0 Å². The lowest BCUT2D eigenvalue weighted by Crippen LogP contribution is -2.54. The first kappa shape index (κ1) is 11.9. The first-order valence-corrected chi connectivity index (χ1v) is 6.27. The topological polar surface area (TPSA) is 39.1 Å². The van der Waals surface area contributed by atoms with Crippen molar-refractivity contribution in [3.8, 4) is 6.07 Å².